The molecule has 1 fully saturated rings. The summed E-state index contributed by atoms with van der Waals surface area (Å²) in [6.07, 6.45) is -3.88. The largest absolute Gasteiger partial charge is 0.466 e. The maximum atomic E-state index is 14.8. The van der Waals surface area contributed by atoms with Crippen LogP contribution in [0.15, 0.2) is 24.4 Å². The molecule has 2 N–H and O–H groups in total. The second kappa shape index (κ2) is 9.95. The van der Waals surface area contributed by atoms with Crippen LogP contribution in [-0.2, 0) is 4.79 Å². The second-order valence-corrected chi connectivity index (χ2v) is 7.64. The minimum atomic E-state index is -4.74. The molecule has 2 heterocycles. The molecule has 0 saturated carbocycles. The molecule has 34 heavy (non-hydrogen) atoms. The Balaban J connectivity index is 1.97. The minimum absolute atomic E-state index is 0.106. The fourth-order valence-corrected chi connectivity index (χ4v) is 3.40. The SMILES string of the molecule is C[C@@H]1C(=O)NCCN1C(=O)N[C@@H](c1cnc(OCC(F)(F)F)c(F)c1)c1ccc(F)c(Cl)c1F. The van der Waals surface area contributed by atoms with Gasteiger partial charge in [0.2, 0.25) is 5.91 Å². The van der Waals surface area contributed by atoms with Crippen molar-refractivity contribution in [1.82, 2.24) is 20.5 Å². The molecule has 3 amide bonds. The average Bonchev–Trinajstić information content (AvgIpc) is 2.76. The van der Waals surface area contributed by atoms with Crippen molar-refractivity contribution in [3.05, 3.63) is 58.0 Å². The molecule has 0 radical (unpaired) electrons. The van der Waals surface area contributed by atoms with E-state index in [1.165, 1.54) is 6.92 Å². The lowest BCUT2D eigenvalue weighted by molar-refractivity contribution is -0.154. The summed E-state index contributed by atoms with van der Waals surface area (Å²) in [5.74, 6) is -5.07. The van der Waals surface area contributed by atoms with Crippen LogP contribution in [0.1, 0.15) is 24.1 Å². The number of halogens is 7. The Morgan fingerprint density at radius 1 is 1.32 bits per heavy atom. The zero-order valence-corrected chi connectivity index (χ0v) is 18.1. The quantitative estimate of drug-likeness (QED) is 0.474. The van der Waals surface area contributed by atoms with Crippen molar-refractivity contribution < 1.29 is 40.7 Å². The zero-order chi connectivity index (χ0) is 25.2. The number of piperazine rings is 1. The van der Waals surface area contributed by atoms with Crippen molar-refractivity contribution in [1.29, 1.82) is 0 Å². The Bertz CT molecular complexity index is 1100. The molecule has 2 aromatic rings. The van der Waals surface area contributed by atoms with Gasteiger partial charge in [-0.15, -0.1) is 0 Å². The van der Waals surface area contributed by atoms with E-state index in [1.54, 1.807) is 0 Å². The summed E-state index contributed by atoms with van der Waals surface area (Å²) in [7, 11) is 0. The van der Waals surface area contributed by atoms with E-state index < -0.39 is 65.2 Å². The molecular weight excluding hydrogens is 494 g/mol. The van der Waals surface area contributed by atoms with Gasteiger partial charge in [0.15, 0.2) is 12.4 Å². The topological polar surface area (TPSA) is 83.6 Å². The number of nitrogens with zero attached hydrogens (tertiary/aromatic N) is 2. The maximum absolute atomic E-state index is 14.8. The number of urea groups is 1. The van der Waals surface area contributed by atoms with Crippen molar-refractivity contribution in [2.45, 2.75) is 25.2 Å². The number of rotatable bonds is 5. The number of carbonyl (C=O) groups excluding carboxylic acids is 2. The molecule has 0 aliphatic carbocycles. The molecular formula is C20H17ClF6N4O3. The van der Waals surface area contributed by atoms with Gasteiger partial charge in [-0.05, 0) is 19.1 Å². The number of hydrogen-bond donors (Lipinski definition) is 2. The molecule has 14 heteroatoms. The van der Waals surface area contributed by atoms with E-state index in [1.807, 2.05) is 0 Å². The van der Waals surface area contributed by atoms with Crippen LogP contribution < -0.4 is 15.4 Å². The summed E-state index contributed by atoms with van der Waals surface area (Å²) < 4.78 is 84.3. The van der Waals surface area contributed by atoms with Crippen molar-refractivity contribution in [3.63, 3.8) is 0 Å². The normalized spacial score (nSPS) is 17.2. The van der Waals surface area contributed by atoms with E-state index in [0.717, 1.165) is 23.2 Å². The summed E-state index contributed by atoms with van der Waals surface area (Å²) >= 11 is 5.64. The van der Waals surface area contributed by atoms with Crippen LogP contribution in [0.5, 0.6) is 5.88 Å². The number of hydrogen-bond acceptors (Lipinski definition) is 4. The summed E-state index contributed by atoms with van der Waals surface area (Å²) in [6, 6.07) is -0.760. The first-order valence-electron chi connectivity index (χ1n) is 9.72. The highest BCUT2D eigenvalue weighted by Gasteiger charge is 2.33. The molecule has 0 bridgehead atoms. The highest BCUT2D eigenvalue weighted by atomic mass is 35.5. The molecule has 0 unspecified atom stereocenters. The van der Waals surface area contributed by atoms with Crippen molar-refractivity contribution >= 4 is 23.5 Å². The van der Waals surface area contributed by atoms with Crippen LogP contribution in [-0.4, -0.2) is 53.7 Å². The smallest absolute Gasteiger partial charge is 0.422 e. The van der Waals surface area contributed by atoms with Gasteiger partial charge in [0.05, 0.1) is 6.04 Å². The molecule has 1 aliphatic rings. The Labute approximate surface area is 194 Å². The lowest BCUT2D eigenvalue weighted by atomic mass is 9.99. The summed E-state index contributed by atoms with van der Waals surface area (Å²) in [6.45, 7) is -0.0889. The number of aromatic nitrogens is 1. The molecule has 1 aromatic heterocycles. The second-order valence-electron chi connectivity index (χ2n) is 7.27. The van der Waals surface area contributed by atoms with E-state index in [9.17, 15) is 35.9 Å². The first kappa shape index (κ1) is 25.4. The first-order chi connectivity index (χ1) is 15.9. The van der Waals surface area contributed by atoms with E-state index in [4.69, 9.17) is 11.6 Å². The average molecular weight is 511 g/mol. The minimum Gasteiger partial charge on any atom is -0.466 e. The fraction of sp³-hybridized carbons (Fsp3) is 0.350. The zero-order valence-electron chi connectivity index (χ0n) is 17.4. The number of nitrogens with one attached hydrogen (secondary N) is 2. The van der Waals surface area contributed by atoms with Crippen molar-refractivity contribution in [2.75, 3.05) is 19.7 Å². The van der Waals surface area contributed by atoms with Gasteiger partial charge in [0.25, 0.3) is 5.88 Å². The van der Waals surface area contributed by atoms with Crippen molar-refractivity contribution in [2.24, 2.45) is 0 Å². The van der Waals surface area contributed by atoms with E-state index in [-0.39, 0.29) is 24.2 Å². The molecule has 184 valence electrons. The molecule has 0 spiro atoms. The monoisotopic (exact) mass is 510 g/mol. The van der Waals surface area contributed by atoms with Gasteiger partial charge in [-0.1, -0.05) is 17.7 Å². The summed E-state index contributed by atoms with van der Waals surface area (Å²) in [5, 5.41) is 4.09. The molecule has 7 nitrogen and oxygen atoms in total. The van der Waals surface area contributed by atoms with Gasteiger partial charge in [0, 0.05) is 30.4 Å². The first-order valence-corrected chi connectivity index (χ1v) is 10.1. The molecule has 1 aromatic carbocycles. The lowest BCUT2D eigenvalue weighted by Crippen LogP contribution is -2.58. The molecule has 3 rings (SSSR count). The van der Waals surface area contributed by atoms with Gasteiger partial charge < -0.3 is 20.3 Å². The van der Waals surface area contributed by atoms with Crippen LogP contribution in [0.25, 0.3) is 0 Å². The standard InChI is InChI=1S/C20H17ClF6N4O3/c1-9-17(32)28-4-5-31(9)19(33)30-16(11-2-3-12(22)14(21)15(11)24)10-6-13(23)18(29-7-10)34-8-20(25,26)27/h2-3,6-7,9,16H,4-5,8H2,1H3,(H,28,32)(H,30,33)/t9-,16+/m1/s1. The van der Waals surface area contributed by atoms with Crippen LogP contribution >= 0.6 is 11.6 Å². The third-order valence-corrected chi connectivity index (χ3v) is 5.28. The van der Waals surface area contributed by atoms with Crippen molar-refractivity contribution in [3.8, 4) is 5.88 Å². The Hall–Kier alpha value is -3.22. The third kappa shape index (κ3) is 5.64. The Morgan fingerprint density at radius 2 is 2.03 bits per heavy atom. The Kier molecular flexibility index (Phi) is 7.44. The highest BCUT2D eigenvalue weighted by Crippen LogP contribution is 2.31. The van der Waals surface area contributed by atoms with Crippen LogP contribution in [0, 0.1) is 17.5 Å². The van der Waals surface area contributed by atoms with Gasteiger partial charge in [-0.25, -0.2) is 22.9 Å². The highest BCUT2D eigenvalue weighted by molar-refractivity contribution is 6.31. The summed E-state index contributed by atoms with van der Waals surface area (Å²) in [5.41, 5.74) is -0.583. The number of benzene rings is 1. The van der Waals surface area contributed by atoms with Crippen LogP contribution in [0.2, 0.25) is 5.02 Å². The molecule has 1 aliphatic heterocycles. The van der Waals surface area contributed by atoms with Gasteiger partial charge in [-0.2, -0.15) is 13.2 Å². The number of amides is 3. The van der Waals surface area contributed by atoms with Gasteiger partial charge >= 0.3 is 12.2 Å². The maximum Gasteiger partial charge on any atom is 0.422 e. The number of pyridine rings is 1. The van der Waals surface area contributed by atoms with Gasteiger partial charge in [0.1, 0.15) is 22.7 Å². The van der Waals surface area contributed by atoms with Crippen LogP contribution in [0.3, 0.4) is 0 Å². The predicted molar refractivity (Wildman–Crippen MR) is 107 cm³/mol. The van der Waals surface area contributed by atoms with Crippen LogP contribution in [0.4, 0.5) is 31.1 Å². The summed E-state index contributed by atoms with van der Waals surface area (Å²) in [4.78, 5) is 29.4. The van der Waals surface area contributed by atoms with E-state index in [2.05, 4.69) is 20.4 Å². The predicted octanol–water partition coefficient (Wildman–Crippen LogP) is 3.71. The van der Waals surface area contributed by atoms with E-state index in [0.29, 0.717) is 6.07 Å². The molecule has 1 saturated heterocycles. The lowest BCUT2D eigenvalue weighted by Gasteiger charge is -2.34. The third-order valence-electron chi connectivity index (χ3n) is 4.94. The van der Waals surface area contributed by atoms with Gasteiger partial charge in [-0.3, -0.25) is 4.79 Å². The number of carbonyl (C=O) groups is 2. The Morgan fingerprint density at radius 3 is 2.68 bits per heavy atom. The number of ether oxygens (including phenoxy) is 1. The molecule has 2 atom stereocenters. The fourth-order valence-electron chi connectivity index (χ4n) is 3.23. The number of alkyl halides is 3. The van der Waals surface area contributed by atoms with E-state index >= 15 is 0 Å².